The van der Waals surface area contributed by atoms with Crippen molar-refractivity contribution >= 4 is 17.5 Å². The second-order valence-corrected chi connectivity index (χ2v) is 8.53. The first-order chi connectivity index (χ1) is 14.5. The average Bonchev–Trinajstić information content (AvgIpc) is 3.18. The van der Waals surface area contributed by atoms with Gasteiger partial charge in [-0.1, -0.05) is 31.5 Å². The van der Waals surface area contributed by atoms with Crippen LogP contribution in [0.25, 0.3) is 11.4 Å². The number of thioether (sulfide) groups is 1. The van der Waals surface area contributed by atoms with Crippen molar-refractivity contribution in [3.63, 3.8) is 0 Å². The van der Waals surface area contributed by atoms with E-state index in [-0.39, 0.29) is 23.1 Å². The highest BCUT2D eigenvalue weighted by Gasteiger charge is 2.29. The van der Waals surface area contributed by atoms with E-state index in [9.17, 15) is 13.6 Å². The molecule has 0 saturated heterocycles. The summed E-state index contributed by atoms with van der Waals surface area (Å²) in [7, 11) is 0. The molecule has 2 aromatic heterocycles. The minimum Gasteiger partial charge on any atom is -0.299 e. The number of halogens is 2. The van der Waals surface area contributed by atoms with Gasteiger partial charge in [-0.05, 0) is 49.1 Å². The standard InChI is InChI=1S/C22H22F2N4OS/c1-14-5-2-3-7-19(14)28-21(16-6-4-10-25-12-16)26-27-22(28)30-13-20(29)15-8-9-17(23)18(24)11-15/h4,6,8-12,14,19H,2-3,5,7,13H2,1H3/t14-,19-/m1/s1. The van der Waals surface area contributed by atoms with Crippen LogP contribution in [-0.4, -0.2) is 31.3 Å². The van der Waals surface area contributed by atoms with Gasteiger partial charge in [0.25, 0.3) is 0 Å². The molecule has 8 heteroatoms. The van der Waals surface area contributed by atoms with E-state index in [0.29, 0.717) is 11.1 Å². The predicted molar refractivity (Wildman–Crippen MR) is 111 cm³/mol. The Bertz CT molecular complexity index is 1040. The summed E-state index contributed by atoms with van der Waals surface area (Å²) in [6.45, 7) is 2.23. The van der Waals surface area contributed by atoms with Gasteiger partial charge in [0.1, 0.15) is 0 Å². The molecular weight excluding hydrogens is 406 g/mol. The van der Waals surface area contributed by atoms with Crippen LogP contribution in [0.1, 0.15) is 49.0 Å². The summed E-state index contributed by atoms with van der Waals surface area (Å²) in [6.07, 6.45) is 7.97. The van der Waals surface area contributed by atoms with Gasteiger partial charge in [-0.15, -0.1) is 10.2 Å². The maximum Gasteiger partial charge on any atom is 0.192 e. The third kappa shape index (κ3) is 4.28. The zero-order valence-electron chi connectivity index (χ0n) is 16.6. The Labute approximate surface area is 177 Å². The molecule has 0 spiro atoms. The van der Waals surface area contributed by atoms with Gasteiger partial charge < -0.3 is 0 Å². The molecule has 1 aliphatic rings. The van der Waals surface area contributed by atoms with E-state index in [2.05, 4.69) is 26.7 Å². The van der Waals surface area contributed by atoms with E-state index >= 15 is 0 Å². The summed E-state index contributed by atoms with van der Waals surface area (Å²) in [6, 6.07) is 7.26. The molecular formula is C22H22F2N4OS. The maximum atomic E-state index is 13.5. The normalized spacial score (nSPS) is 19.0. The van der Waals surface area contributed by atoms with E-state index in [0.717, 1.165) is 42.8 Å². The lowest BCUT2D eigenvalue weighted by Crippen LogP contribution is -2.22. The smallest absolute Gasteiger partial charge is 0.192 e. The maximum absolute atomic E-state index is 13.5. The molecule has 4 rings (SSSR count). The van der Waals surface area contributed by atoms with Crippen molar-refractivity contribution in [1.29, 1.82) is 0 Å². The van der Waals surface area contributed by atoms with Gasteiger partial charge in [0.05, 0.1) is 5.75 Å². The Hall–Kier alpha value is -2.61. The SMILES string of the molecule is C[C@@H]1CCCC[C@H]1n1c(SCC(=O)c2ccc(F)c(F)c2)nnc1-c1cccnc1. The quantitative estimate of drug-likeness (QED) is 0.392. The van der Waals surface area contributed by atoms with Crippen molar-refractivity contribution in [3.05, 3.63) is 59.9 Å². The zero-order valence-corrected chi connectivity index (χ0v) is 17.4. The Morgan fingerprint density at radius 1 is 1.17 bits per heavy atom. The summed E-state index contributed by atoms with van der Waals surface area (Å²) in [4.78, 5) is 16.7. The van der Waals surface area contributed by atoms with Gasteiger partial charge in [-0.3, -0.25) is 14.3 Å². The molecule has 1 aliphatic carbocycles. The number of ketones is 1. The summed E-state index contributed by atoms with van der Waals surface area (Å²) >= 11 is 1.27. The van der Waals surface area contributed by atoms with E-state index < -0.39 is 11.6 Å². The number of carbonyl (C=O) groups is 1. The van der Waals surface area contributed by atoms with Crippen LogP contribution >= 0.6 is 11.8 Å². The Morgan fingerprint density at radius 2 is 2.00 bits per heavy atom. The first-order valence-electron chi connectivity index (χ1n) is 10.0. The summed E-state index contributed by atoms with van der Waals surface area (Å²) < 4.78 is 28.8. The fourth-order valence-corrected chi connectivity index (χ4v) is 4.82. The molecule has 2 heterocycles. The monoisotopic (exact) mass is 428 g/mol. The molecule has 2 atom stereocenters. The van der Waals surface area contributed by atoms with E-state index in [1.54, 1.807) is 12.4 Å². The third-order valence-corrected chi connectivity index (χ3v) is 6.50. The molecule has 30 heavy (non-hydrogen) atoms. The van der Waals surface area contributed by atoms with Gasteiger partial charge in [0.2, 0.25) is 0 Å². The topological polar surface area (TPSA) is 60.7 Å². The van der Waals surface area contributed by atoms with Crippen LogP contribution in [-0.2, 0) is 0 Å². The molecule has 0 amide bonds. The van der Waals surface area contributed by atoms with Crippen molar-refractivity contribution in [2.45, 2.75) is 43.8 Å². The molecule has 5 nitrogen and oxygen atoms in total. The van der Waals surface area contributed by atoms with Crippen LogP contribution < -0.4 is 0 Å². The molecule has 3 aromatic rings. The highest BCUT2D eigenvalue weighted by Crippen LogP contribution is 2.39. The molecule has 0 N–H and O–H groups in total. The van der Waals surface area contributed by atoms with Gasteiger partial charge in [0, 0.05) is 29.6 Å². The van der Waals surface area contributed by atoms with Gasteiger partial charge in [-0.25, -0.2) is 8.78 Å². The molecule has 156 valence electrons. The lowest BCUT2D eigenvalue weighted by Gasteiger charge is -2.31. The Balaban J connectivity index is 1.61. The zero-order chi connectivity index (χ0) is 21.1. The number of hydrogen-bond acceptors (Lipinski definition) is 5. The molecule has 0 bridgehead atoms. The van der Waals surface area contributed by atoms with Gasteiger partial charge >= 0.3 is 0 Å². The molecule has 0 radical (unpaired) electrons. The summed E-state index contributed by atoms with van der Waals surface area (Å²) in [5.41, 5.74) is 1.02. The summed E-state index contributed by atoms with van der Waals surface area (Å²) in [5.74, 6) is -1.00. The Morgan fingerprint density at radius 3 is 2.73 bits per heavy atom. The predicted octanol–water partition coefficient (Wildman–Crippen LogP) is 5.34. The largest absolute Gasteiger partial charge is 0.299 e. The van der Waals surface area contributed by atoms with Crippen LogP contribution in [0.3, 0.4) is 0 Å². The number of benzene rings is 1. The van der Waals surface area contributed by atoms with Crippen LogP contribution in [0.5, 0.6) is 0 Å². The van der Waals surface area contributed by atoms with Crippen LogP contribution in [0.4, 0.5) is 8.78 Å². The van der Waals surface area contributed by atoms with Crippen LogP contribution in [0, 0.1) is 17.6 Å². The molecule has 1 saturated carbocycles. The lowest BCUT2D eigenvalue weighted by atomic mass is 9.85. The summed E-state index contributed by atoms with van der Waals surface area (Å²) in [5, 5.41) is 9.42. The second-order valence-electron chi connectivity index (χ2n) is 7.59. The number of carbonyl (C=O) groups excluding carboxylic acids is 1. The highest BCUT2D eigenvalue weighted by molar-refractivity contribution is 7.99. The van der Waals surface area contributed by atoms with E-state index in [1.807, 2.05) is 12.1 Å². The second kappa shape index (κ2) is 9.04. The molecule has 0 unspecified atom stereocenters. The number of aromatic nitrogens is 4. The average molecular weight is 429 g/mol. The number of Topliss-reactive ketones (excluding diaryl/α,β-unsaturated/α-hetero) is 1. The van der Waals surface area contributed by atoms with Crippen LogP contribution in [0.2, 0.25) is 0 Å². The fourth-order valence-electron chi connectivity index (χ4n) is 3.93. The Kier molecular flexibility index (Phi) is 6.22. The van der Waals surface area contributed by atoms with Crippen molar-refractivity contribution in [1.82, 2.24) is 19.7 Å². The molecule has 0 aliphatic heterocycles. The number of hydrogen-bond donors (Lipinski definition) is 0. The highest BCUT2D eigenvalue weighted by atomic mass is 32.2. The lowest BCUT2D eigenvalue weighted by molar-refractivity contribution is 0.102. The molecule has 1 aromatic carbocycles. The molecule has 1 fully saturated rings. The van der Waals surface area contributed by atoms with Gasteiger partial charge in [0.15, 0.2) is 28.4 Å². The first kappa shape index (κ1) is 20.7. The van der Waals surface area contributed by atoms with Crippen molar-refractivity contribution in [2.75, 3.05) is 5.75 Å². The van der Waals surface area contributed by atoms with Crippen LogP contribution in [0.15, 0.2) is 47.9 Å². The van der Waals surface area contributed by atoms with E-state index in [1.165, 1.54) is 24.2 Å². The van der Waals surface area contributed by atoms with Crippen molar-refractivity contribution in [3.8, 4) is 11.4 Å². The third-order valence-electron chi connectivity index (χ3n) is 5.56. The van der Waals surface area contributed by atoms with Crippen molar-refractivity contribution in [2.24, 2.45) is 5.92 Å². The first-order valence-corrected chi connectivity index (χ1v) is 11.0. The van der Waals surface area contributed by atoms with E-state index in [4.69, 9.17) is 0 Å². The van der Waals surface area contributed by atoms with Gasteiger partial charge in [-0.2, -0.15) is 0 Å². The number of rotatable bonds is 6. The minimum absolute atomic E-state index is 0.0668. The minimum atomic E-state index is -1.02. The number of nitrogens with zero attached hydrogens (tertiary/aromatic N) is 4. The van der Waals surface area contributed by atoms with Crippen molar-refractivity contribution < 1.29 is 13.6 Å². The number of pyridine rings is 1. The fraction of sp³-hybridized carbons (Fsp3) is 0.364.